The summed E-state index contributed by atoms with van der Waals surface area (Å²) in [7, 11) is 0. The molecule has 0 rings (SSSR count). The predicted molar refractivity (Wildman–Crippen MR) is 50.7 cm³/mol. The van der Waals surface area contributed by atoms with Crippen LogP contribution in [0.4, 0.5) is 0 Å². The molecular formula is C8H16N2S. The zero-order valence-electron chi connectivity index (χ0n) is 7.42. The fourth-order valence-electron chi connectivity index (χ4n) is 0.888. The molecule has 2 unspecified atom stereocenters. The maximum atomic E-state index is 8.62. The summed E-state index contributed by atoms with van der Waals surface area (Å²) in [4.78, 5) is 0. The van der Waals surface area contributed by atoms with Crippen molar-refractivity contribution in [2.45, 2.75) is 32.4 Å². The molecule has 2 atom stereocenters. The van der Waals surface area contributed by atoms with Gasteiger partial charge in [0.25, 0.3) is 0 Å². The van der Waals surface area contributed by atoms with Gasteiger partial charge in [-0.3, -0.25) is 5.32 Å². The van der Waals surface area contributed by atoms with Crippen molar-refractivity contribution in [3.8, 4) is 6.07 Å². The van der Waals surface area contributed by atoms with Gasteiger partial charge in [-0.1, -0.05) is 6.92 Å². The maximum absolute atomic E-state index is 8.62. The van der Waals surface area contributed by atoms with E-state index in [-0.39, 0.29) is 6.04 Å². The van der Waals surface area contributed by atoms with Crippen LogP contribution in [0.15, 0.2) is 0 Å². The molecule has 0 heterocycles. The molecule has 0 aromatic heterocycles. The predicted octanol–water partition coefficient (Wildman–Crippen LogP) is 1.63. The van der Waals surface area contributed by atoms with Gasteiger partial charge in [-0.15, -0.1) is 0 Å². The third kappa shape index (κ3) is 5.11. The van der Waals surface area contributed by atoms with E-state index in [1.165, 1.54) is 0 Å². The molecule has 0 bridgehead atoms. The molecule has 0 aromatic carbocycles. The lowest BCUT2D eigenvalue weighted by Crippen LogP contribution is -2.36. The third-order valence-electron chi connectivity index (χ3n) is 1.47. The van der Waals surface area contributed by atoms with Crippen molar-refractivity contribution in [2.24, 2.45) is 0 Å². The number of nitriles is 1. The molecule has 0 amide bonds. The highest BCUT2D eigenvalue weighted by Crippen LogP contribution is 1.98. The number of nitrogens with zero attached hydrogens (tertiary/aromatic N) is 1. The summed E-state index contributed by atoms with van der Waals surface area (Å²) >= 11 is 1.80. The molecule has 0 fully saturated rings. The fraction of sp³-hybridized carbons (Fsp3) is 0.875. The number of hydrogen-bond donors (Lipinski definition) is 1. The molecule has 1 N–H and O–H groups in total. The van der Waals surface area contributed by atoms with Crippen LogP contribution in [-0.2, 0) is 0 Å². The van der Waals surface area contributed by atoms with Crippen molar-refractivity contribution >= 4 is 11.8 Å². The zero-order chi connectivity index (χ0) is 8.69. The SMILES string of the molecule is CCC(C#N)NC(C)CSC. The first-order chi connectivity index (χ1) is 5.24. The summed E-state index contributed by atoms with van der Waals surface area (Å²) < 4.78 is 0. The Morgan fingerprint density at radius 2 is 2.27 bits per heavy atom. The van der Waals surface area contributed by atoms with Crippen LogP contribution < -0.4 is 5.32 Å². The zero-order valence-corrected chi connectivity index (χ0v) is 8.24. The van der Waals surface area contributed by atoms with Crippen molar-refractivity contribution in [1.82, 2.24) is 5.32 Å². The van der Waals surface area contributed by atoms with Gasteiger partial charge < -0.3 is 0 Å². The molecule has 3 heteroatoms. The molecule has 11 heavy (non-hydrogen) atoms. The largest absolute Gasteiger partial charge is 0.299 e. The number of rotatable bonds is 5. The summed E-state index contributed by atoms with van der Waals surface area (Å²) in [5, 5.41) is 11.9. The average Bonchev–Trinajstić information content (AvgIpc) is 2.01. The molecule has 0 radical (unpaired) electrons. The highest BCUT2D eigenvalue weighted by Gasteiger charge is 2.07. The lowest BCUT2D eigenvalue weighted by atomic mass is 10.2. The Morgan fingerprint density at radius 3 is 2.64 bits per heavy atom. The van der Waals surface area contributed by atoms with Crippen LogP contribution >= 0.6 is 11.8 Å². The summed E-state index contributed by atoms with van der Waals surface area (Å²) in [6.45, 7) is 4.13. The lowest BCUT2D eigenvalue weighted by molar-refractivity contribution is 0.525. The number of thioether (sulfide) groups is 1. The first-order valence-electron chi connectivity index (χ1n) is 3.89. The molecule has 0 aliphatic heterocycles. The highest BCUT2D eigenvalue weighted by atomic mass is 32.2. The quantitative estimate of drug-likeness (QED) is 0.684. The van der Waals surface area contributed by atoms with Gasteiger partial charge in [0.2, 0.25) is 0 Å². The monoisotopic (exact) mass is 172 g/mol. The molecule has 0 spiro atoms. The van der Waals surface area contributed by atoms with Crippen LogP contribution in [0, 0.1) is 11.3 Å². The van der Waals surface area contributed by atoms with E-state index in [2.05, 4.69) is 24.6 Å². The van der Waals surface area contributed by atoms with E-state index in [1.807, 2.05) is 6.92 Å². The van der Waals surface area contributed by atoms with Crippen molar-refractivity contribution < 1.29 is 0 Å². The summed E-state index contributed by atoms with van der Waals surface area (Å²) in [5.74, 6) is 1.07. The van der Waals surface area contributed by atoms with E-state index < -0.39 is 0 Å². The Kier molecular flexibility index (Phi) is 6.39. The van der Waals surface area contributed by atoms with E-state index in [4.69, 9.17) is 5.26 Å². The van der Waals surface area contributed by atoms with Crippen LogP contribution in [0.25, 0.3) is 0 Å². The Morgan fingerprint density at radius 1 is 1.64 bits per heavy atom. The molecular weight excluding hydrogens is 156 g/mol. The fourth-order valence-corrected chi connectivity index (χ4v) is 1.48. The van der Waals surface area contributed by atoms with Gasteiger partial charge in [0.1, 0.15) is 0 Å². The maximum Gasteiger partial charge on any atom is 0.0952 e. The van der Waals surface area contributed by atoms with E-state index in [0.29, 0.717) is 6.04 Å². The van der Waals surface area contributed by atoms with Gasteiger partial charge in [0.05, 0.1) is 12.1 Å². The second-order valence-electron chi connectivity index (χ2n) is 2.61. The van der Waals surface area contributed by atoms with E-state index in [0.717, 1.165) is 12.2 Å². The Hall–Kier alpha value is -0.200. The van der Waals surface area contributed by atoms with Gasteiger partial charge in [0, 0.05) is 11.8 Å². The molecule has 2 nitrogen and oxygen atoms in total. The standard InChI is InChI=1S/C8H16N2S/c1-4-8(5-9)10-7(2)6-11-3/h7-8,10H,4,6H2,1-3H3. The first kappa shape index (κ1) is 10.8. The first-order valence-corrected chi connectivity index (χ1v) is 5.28. The normalized spacial score (nSPS) is 15.5. The van der Waals surface area contributed by atoms with E-state index in [9.17, 15) is 0 Å². The van der Waals surface area contributed by atoms with Crippen LogP contribution in [0.1, 0.15) is 20.3 Å². The van der Waals surface area contributed by atoms with Gasteiger partial charge in [-0.05, 0) is 19.6 Å². The minimum atomic E-state index is 0.0251. The Labute approximate surface area is 73.4 Å². The third-order valence-corrected chi connectivity index (χ3v) is 2.30. The molecule has 0 aliphatic carbocycles. The topological polar surface area (TPSA) is 35.8 Å². The molecule has 0 saturated carbocycles. The number of hydrogen-bond acceptors (Lipinski definition) is 3. The molecule has 0 saturated heterocycles. The summed E-state index contributed by atoms with van der Waals surface area (Å²) in [6, 6.07) is 2.69. The minimum absolute atomic E-state index is 0.0251. The lowest BCUT2D eigenvalue weighted by Gasteiger charge is -2.15. The van der Waals surface area contributed by atoms with Crippen LogP contribution in [0.2, 0.25) is 0 Å². The van der Waals surface area contributed by atoms with Crippen LogP contribution in [0.5, 0.6) is 0 Å². The second-order valence-corrected chi connectivity index (χ2v) is 3.52. The van der Waals surface area contributed by atoms with E-state index >= 15 is 0 Å². The molecule has 0 aromatic rings. The van der Waals surface area contributed by atoms with Gasteiger partial charge in [-0.25, -0.2) is 0 Å². The van der Waals surface area contributed by atoms with Crippen molar-refractivity contribution in [3.63, 3.8) is 0 Å². The van der Waals surface area contributed by atoms with E-state index in [1.54, 1.807) is 11.8 Å². The van der Waals surface area contributed by atoms with Gasteiger partial charge in [-0.2, -0.15) is 17.0 Å². The van der Waals surface area contributed by atoms with Crippen LogP contribution in [0.3, 0.4) is 0 Å². The molecule has 0 aliphatic rings. The van der Waals surface area contributed by atoms with Crippen LogP contribution in [-0.4, -0.2) is 24.1 Å². The van der Waals surface area contributed by atoms with Gasteiger partial charge >= 0.3 is 0 Å². The summed E-state index contributed by atoms with van der Waals surface area (Å²) in [6.07, 6.45) is 2.96. The second kappa shape index (κ2) is 6.51. The van der Waals surface area contributed by atoms with Crippen molar-refractivity contribution in [2.75, 3.05) is 12.0 Å². The molecule has 64 valence electrons. The van der Waals surface area contributed by atoms with Crippen molar-refractivity contribution in [3.05, 3.63) is 0 Å². The Bertz CT molecular complexity index is 131. The highest BCUT2D eigenvalue weighted by molar-refractivity contribution is 7.98. The summed E-state index contributed by atoms with van der Waals surface area (Å²) in [5.41, 5.74) is 0. The van der Waals surface area contributed by atoms with Crippen molar-refractivity contribution in [1.29, 1.82) is 5.26 Å². The number of nitrogens with one attached hydrogen (secondary N) is 1. The smallest absolute Gasteiger partial charge is 0.0952 e. The van der Waals surface area contributed by atoms with Gasteiger partial charge in [0.15, 0.2) is 0 Å². The Balaban J connectivity index is 3.55. The average molecular weight is 172 g/mol. The minimum Gasteiger partial charge on any atom is -0.299 e.